The van der Waals surface area contributed by atoms with Crippen LogP contribution in [0.4, 0.5) is 0 Å². The lowest BCUT2D eigenvalue weighted by atomic mass is 10.1. The van der Waals surface area contributed by atoms with E-state index in [0.717, 1.165) is 10.6 Å². The molecule has 2 N–H and O–H groups in total. The number of primary amides is 1. The molecule has 0 aliphatic heterocycles. The summed E-state index contributed by atoms with van der Waals surface area (Å²) in [5, 5.41) is 7.12. The number of fused-ring (bicyclic) bond motifs is 1. The second-order valence-corrected chi connectivity index (χ2v) is 7.46. The van der Waals surface area contributed by atoms with Crippen LogP contribution in [0.15, 0.2) is 53.9 Å². The standard InChI is InChI=1S/C21H18N4O3S/c1-12-18-15(21(27)28-13(2)19(22)26)11-16(17-9-6-10-29-17)23-20(18)25(24-12)14-7-4-3-5-8-14/h3-11,13H,1-2H3,(H2,22,26)/t13-/m1/s1. The fourth-order valence-corrected chi connectivity index (χ4v) is 3.72. The maximum Gasteiger partial charge on any atom is 0.339 e. The Bertz CT molecular complexity index is 1200. The van der Waals surface area contributed by atoms with Gasteiger partial charge in [0.2, 0.25) is 0 Å². The molecule has 146 valence electrons. The van der Waals surface area contributed by atoms with Crippen LogP contribution in [0.3, 0.4) is 0 Å². The number of aromatic nitrogens is 3. The van der Waals surface area contributed by atoms with E-state index in [2.05, 4.69) is 5.10 Å². The van der Waals surface area contributed by atoms with Gasteiger partial charge in [0, 0.05) is 0 Å². The number of rotatable bonds is 5. The molecular formula is C21H18N4O3S. The van der Waals surface area contributed by atoms with Crippen molar-refractivity contribution in [3.05, 3.63) is 65.2 Å². The van der Waals surface area contributed by atoms with Crippen molar-refractivity contribution in [2.24, 2.45) is 5.73 Å². The number of amides is 1. The van der Waals surface area contributed by atoms with E-state index in [4.69, 9.17) is 15.5 Å². The van der Waals surface area contributed by atoms with Gasteiger partial charge in [-0.25, -0.2) is 14.5 Å². The smallest absolute Gasteiger partial charge is 0.339 e. The normalized spacial score (nSPS) is 12.1. The first kappa shape index (κ1) is 18.8. The Morgan fingerprint density at radius 2 is 1.93 bits per heavy atom. The van der Waals surface area contributed by atoms with E-state index in [-0.39, 0.29) is 0 Å². The zero-order chi connectivity index (χ0) is 20.5. The van der Waals surface area contributed by atoms with Gasteiger partial charge >= 0.3 is 5.97 Å². The number of carbonyl (C=O) groups excluding carboxylic acids is 2. The Kier molecular flexibility index (Phi) is 4.85. The number of carbonyl (C=O) groups is 2. The van der Waals surface area contributed by atoms with Gasteiger partial charge in [-0.1, -0.05) is 24.3 Å². The number of hydrogen-bond acceptors (Lipinski definition) is 6. The third-order valence-electron chi connectivity index (χ3n) is 4.49. The molecule has 1 amide bonds. The molecule has 8 heteroatoms. The third-order valence-corrected chi connectivity index (χ3v) is 5.38. The van der Waals surface area contributed by atoms with E-state index < -0.39 is 18.0 Å². The molecule has 0 radical (unpaired) electrons. The SMILES string of the molecule is Cc1nn(-c2ccccc2)c2nc(-c3cccs3)cc(C(=O)O[C@H](C)C(N)=O)c12. The van der Waals surface area contributed by atoms with Gasteiger partial charge in [-0.2, -0.15) is 5.10 Å². The maximum atomic E-state index is 12.9. The first-order valence-corrected chi connectivity index (χ1v) is 9.83. The van der Waals surface area contributed by atoms with Crippen molar-refractivity contribution >= 4 is 34.2 Å². The second kappa shape index (κ2) is 7.48. The topological polar surface area (TPSA) is 100 Å². The average molecular weight is 406 g/mol. The number of ether oxygens (including phenoxy) is 1. The van der Waals surface area contributed by atoms with Gasteiger partial charge in [-0.05, 0) is 43.5 Å². The maximum absolute atomic E-state index is 12.9. The minimum Gasteiger partial charge on any atom is -0.449 e. The largest absolute Gasteiger partial charge is 0.449 e. The van der Waals surface area contributed by atoms with E-state index >= 15 is 0 Å². The van der Waals surface area contributed by atoms with E-state index in [1.807, 2.05) is 54.8 Å². The van der Waals surface area contributed by atoms with Crippen LogP contribution in [-0.2, 0) is 9.53 Å². The fourth-order valence-electron chi connectivity index (χ4n) is 3.03. The zero-order valence-corrected chi connectivity index (χ0v) is 16.6. The molecule has 1 aromatic carbocycles. The molecule has 4 rings (SSSR count). The van der Waals surface area contributed by atoms with E-state index in [1.54, 1.807) is 10.7 Å². The second-order valence-electron chi connectivity index (χ2n) is 6.51. The number of nitrogens with zero attached hydrogens (tertiary/aromatic N) is 3. The van der Waals surface area contributed by atoms with E-state index in [0.29, 0.717) is 28.0 Å². The molecule has 0 saturated carbocycles. The van der Waals surface area contributed by atoms with Crippen LogP contribution in [0.1, 0.15) is 23.0 Å². The van der Waals surface area contributed by atoms with Crippen LogP contribution < -0.4 is 5.73 Å². The lowest BCUT2D eigenvalue weighted by Crippen LogP contribution is -2.30. The molecule has 3 aromatic heterocycles. The first-order valence-electron chi connectivity index (χ1n) is 8.95. The van der Waals surface area contributed by atoms with Crippen molar-refractivity contribution in [1.82, 2.24) is 14.8 Å². The summed E-state index contributed by atoms with van der Waals surface area (Å²) in [6.07, 6.45) is -1.04. The summed E-state index contributed by atoms with van der Waals surface area (Å²) in [5.74, 6) is -1.35. The number of aryl methyl sites for hydroxylation is 1. The van der Waals surface area contributed by atoms with Gasteiger partial charge in [0.1, 0.15) is 0 Å². The monoisotopic (exact) mass is 406 g/mol. The predicted molar refractivity (Wildman–Crippen MR) is 111 cm³/mol. The van der Waals surface area contributed by atoms with Gasteiger partial charge < -0.3 is 10.5 Å². The Morgan fingerprint density at radius 3 is 2.59 bits per heavy atom. The predicted octanol–water partition coefficient (Wildman–Crippen LogP) is 3.49. The minimum absolute atomic E-state index is 0.297. The summed E-state index contributed by atoms with van der Waals surface area (Å²) < 4.78 is 6.98. The highest BCUT2D eigenvalue weighted by Gasteiger charge is 2.24. The molecule has 3 heterocycles. The van der Waals surface area contributed by atoms with Crippen LogP contribution in [0.25, 0.3) is 27.3 Å². The highest BCUT2D eigenvalue weighted by atomic mass is 32.1. The summed E-state index contributed by atoms with van der Waals surface area (Å²) in [5.41, 5.74) is 8.17. The summed E-state index contributed by atoms with van der Waals surface area (Å²) in [4.78, 5) is 29.9. The molecule has 0 fully saturated rings. The van der Waals surface area contributed by atoms with Crippen molar-refractivity contribution in [1.29, 1.82) is 0 Å². The van der Waals surface area contributed by atoms with Gasteiger partial charge in [0.25, 0.3) is 5.91 Å². The van der Waals surface area contributed by atoms with Crippen LogP contribution in [0.5, 0.6) is 0 Å². The van der Waals surface area contributed by atoms with E-state index in [9.17, 15) is 9.59 Å². The molecule has 4 aromatic rings. The molecule has 7 nitrogen and oxygen atoms in total. The van der Waals surface area contributed by atoms with Crippen molar-refractivity contribution in [2.45, 2.75) is 20.0 Å². The van der Waals surface area contributed by atoms with Crippen LogP contribution in [0.2, 0.25) is 0 Å². The highest BCUT2D eigenvalue weighted by molar-refractivity contribution is 7.13. The number of nitrogens with two attached hydrogens (primary N) is 1. The van der Waals surface area contributed by atoms with Crippen LogP contribution in [0, 0.1) is 6.92 Å². The Morgan fingerprint density at radius 1 is 1.17 bits per heavy atom. The Hall–Kier alpha value is -3.52. The number of benzene rings is 1. The molecule has 0 aliphatic rings. The number of hydrogen-bond donors (Lipinski definition) is 1. The average Bonchev–Trinajstić information content (AvgIpc) is 3.36. The highest BCUT2D eigenvalue weighted by Crippen LogP contribution is 2.31. The van der Waals surface area contributed by atoms with Crippen molar-refractivity contribution < 1.29 is 14.3 Å². The number of para-hydroxylation sites is 1. The van der Waals surface area contributed by atoms with Gasteiger partial charge in [-0.3, -0.25) is 4.79 Å². The van der Waals surface area contributed by atoms with E-state index in [1.165, 1.54) is 18.3 Å². The summed E-state index contributed by atoms with van der Waals surface area (Å²) in [6, 6.07) is 15.1. The van der Waals surface area contributed by atoms with Gasteiger partial charge in [0.05, 0.1) is 32.9 Å². The lowest BCUT2D eigenvalue weighted by molar-refractivity contribution is -0.125. The van der Waals surface area contributed by atoms with Crippen molar-refractivity contribution in [2.75, 3.05) is 0 Å². The number of thiophene rings is 1. The zero-order valence-electron chi connectivity index (χ0n) is 15.8. The molecule has 0 bridgehead atoms. The third kappa shape index (κ3) is 3.50. The first-order chi connectivity index (χ1) is 14.0. The molecular weight excluding hydrogens is 388 g/mol. The van der Waals surface area contributed by atoms with Crippen molar-refractivity contribution in [3.63, 3.8) is 0 Å². The molecule has 29 heavy (non-hydrogen) atoms. The number of esters is 1. The van der Waals surface area contributed by atoms with Crippen LogP contribution >= 0.6 is 11.3 Å². The molecule has 1 atom stereocenters. The summed E-state index contributed by atoms with van der Waals surface area (Å²) in [6.45, 7) is 3.25. The molecule has 0 spiro atoms. The Balaban J connectivity index is 1.95. The van der Waals surface area contributed by atoms with Crippen molar-refractivity contribution in [3.8, 4) is 16.3 Å². The summed E-state index contributed by atoms with van der Waals surface area (Å²) in [7, 11) is 0. The quantitative estimate of drug-likeness (QED) is 0.512. The molecule has 0 saturated heterocycles. The molecule has 0 aliphatic carbocycles. The van der Waals surface area contributed by atoms with Gasteiger partial charge in [0.15, 0.2) is 11.8 Å². The minimum atomic E-state index is -1.04. The summed E-state index contributed by atoms with van der Waals surface area (Å²) >= 11 is 1.51. The van der Waals surface area contributed by atoms with Gasteiger partial charge in [-0.15, -0.1) is 11.3 Å². The van der Waals surface area contributed by atoms with Crippen LogP contribution in [-0.4, -0.2) is 32.7 Å². The fraction of sp³-hybridized carbons (Fsp3) is 0.143. The molecule has 0 unspecified atom stereocenters. The Labute approximate surface area is 170 Å². The lowest BCUT2D eigenvalue weighted by Gasteiger charge is -2.11. The number of pyridine rings is 1.